The molecule has 0 atom stereocenters. The molecule has 32 heavy (non-hydrogen) atoms. The largest absolute Gasteiger partial charge is 0.495 e. The van der Waals surface area contributed by atoms with Gasteiger partial charge in [-0.15, -0.1) is 0 Å². The Morgan fingerprint density at radius 2 is 1.84 bits per heavy atom. The number of fused-ring (bicyclic) bond motifs is 1. The number of ether oxygens (including phenoxy) is 1. The molecule has 3 rings (SSSR count). The topological polar surface area (TPSA) is 87.2 Å². The van der Waals surface area contributed by atoms with E-state index >= 15 is 0 Å². The normalized spacial score (nSPS) is 13.4. The van der Waals surface area contributed by atoms with Crippen molar-refractivity contribution in [2.45, 2.75) is 31.0 Å². The van der Waals surface area contributed by atoms with Gasteiger partial charge in [0.1, 0.15) is 10.6 Å². The van der Waals surface area contributed by atoms with Crippen LogP contribution in [0, 0.1) is 6.92 Å². The van der Waals surface area contributed by atoms with E-state index in [2.05, 4.69) is 11.0 Å². The zero-order valence-corrected chi connectivity index (χ0v) is 18.9. The number of hydrogen-bond donors (Lipinski definition) is 1. The molecule has 0 unspecified atom stereocenters. The third-order valence-corrected chi connectivity index (χ3v) is 6.53. The number of alkyl halides is 3. The van der Waals surface area contributed by atoms with Gasteiger partial charge in [0.2, 0.25) is 0 Å². The molecule has 0 fully saturated rings. The van der Waals surface area contributed by atoms with Crippen molar-refractivity contribution in [1.29, 1.82) is 0 Å². The summed E-state index contributed by atoms with van der Waals surface area (Å²) in [4.78, 5) is 11.2. The Morgan fingerprint density at radius 3 is 2.38 bits per heavy atom. The van der Waals surface area contributed by atoms with Crippen LogP contribution in [0.4, 0.5) is 18.9 Å². The minimum Gasteiger partial charge on any atom is -0.495 e. The predicted molar refractivity (Wildman–Crippen MR) is 113 cm³/mol. The molecule has 1 heterocycles. The summed E-state index contributed by atoms with van der Waals surface area (Å²) in [5.41, 5.74) is 3.96. The Morgan fingerprint density at radius 1 is 1.22 bits per heavy atom. The Bertz CT molecular complexity index is 1090. The van der Waals surface area contributed by atoms with E-state index in [9.17, 15) is 21.6 Å². The lowest BCUT2D eigenvalue weighted by atomic mass is 10.0. The zero-order chi connectivity index (χ0) is 24.3. The maximum absolute atomic E-state index is 13.3. The number of methoxy groups -OCH3 is 1. The van der Waals surface area contributed by atoms with Gasteiger partial charge in [-0.05, 0) is 62.3 Å². The highest BCUT2D eigenvalue weighted by molar-refractivity contribution is 7.93. The maximum Gasteiger partial charge on any atom is 0.490 e. The molecule has 1 aliphatic heterocycles. The molecule has 0 aromatic heterocycles. The van der Waals surface area contributed by atoms with E-state index in [1.165, 1.54) is 17.0 Å². The highest BCUT2D eigenvalue weighted by Gasteiger charge is 2.38. The Labute approximate surface area is 185 Å². The smallest absolute Gasteiger partial charge is 0.490 e. The fourth-order valence-corrected chi connectivity index (χ4v) is 5.06. The van der Waals surface area contributed by atoms with Crippen LogP contribution in [0.5, 0.6) is 5.75 Å². The van der Waals surface area contributed by atoms with Crippen molar-refractivity contribution in [3.05, 3.63) is 53.1 Å². The van der Waals surface area contributed by atoms with E-state index in [0.29, 0.717) is 12.3 Å². The summed E-state index contributed by atoms with van der Waals surface area (Å²) >= 11 is 0. The van der Waals surface area contributed by atoms with Gasteiger partial charge >= 0.3 is 12.1 Å². The molecule has 0 aliphatic carbocycles. The monoisotopic (exact) mass is 474 g/mol. The summed E-state index contributed by atoms with van der Waals surface area (Å²) in [5, 5.41) is 7.12. The number of benzene rings is 2. The molecule has 0 amide bonds. The van der Waals surface area contributed by atoms with Crippen LogP contribution in [0.3, 0.4) is 0 Å². The minimum absolute atomic E-state index is 0.223. The molecule has 2 aromatic carbocycles. The lowest BCUT2D eigenvalue weighted by Gasteiger charge is -2.22. The fraction of sp³-hybridized carbons (Fsp3) is 0.381. The van der Waals surface area contributed by atoms with Crippen molar-refractivity contribution < 1.29 is 36.2 Å². The Hall–Kier alpha value is -2.79. The molecular formula is C21H25F3N2O5S. The van der Waals surface area contributed by atoms with E-state index < -0.39 is 22.2 Å². The molecule has 11 heteroatoms. The van der Waals surface area contributed by atoms with E-state index in [1.54, 1.807) is 12.1 Å². The van der Waals surface area contributed by atoms with Gasteiger partial charge in [0.25, 0.3) is 10.0 Å². The van der Waals surface area contributed by atoms with E-state index in [4.69, 9.17) is 14.6 Å². The number of nitrogens with zero attached hydrogens (tertiary/aromatic N) is 2. The molecule has 176 valence electrons. The number of hydrogen-bond acceptors (Lipinski definition) is 5. The van der Waals surface area contributed by atoms with Gasteiger partial charge in [0, 0.05) is 13.1 Å². The van der Waals surface area contributed by atoms with Crippen molar-refractivity contribution >= 4 is 21.7 Å². The lowest BCUT2D eigenvalue weighted by Crippen LogP contribution is -2.29. The van der Waals surface area contributed by atoms with Crippen molar-refractivity contribution in [2.24, 2.45) is 0 Å². The van der Waals surface area contributed by atoms with E-state index in [0.717, 1.165) is 29.8 Å². The van der Waals surface area contributed by atoms with E-state index in [1.807, 2.05) is 39.2 Å². The zero-order valence-electron chi connectivity index (χ0n) is 18.1. The first-order valence-corrected chi connectivity index (χ1v) is 11.0. The van der Waals surface area contributed by atoms with Gasteiger partial charge < -0.3 is 14.7 Å². The van der Waals surface area contributed by atoms with Crippen molar-refractivity contribution in [2.75, 3.05) is 32.1 Å². The molecule has 1 N–H and O–H groups in total. The summed E-state index contributed by atoms with van der Waals surface area (Å²) in [6, 6.07) is 11.1. The second kappa shape index (κ2) is 9.78. The number of sulfonamides is 1. The summed E-state index contributed by atoms with van der Waals surface area (Å²) < 4.78 is 65.1. The predicted octanol–water partition coefficient (Wildman–Crippen LogP) is 3.45. The molecule has 1 aliphatic rings. The molecular weight excluding hydrogens is 449 g/mol. The quantitative estimate of drug-likeness (QED) is 0.715. The summed E-state index contributed by atoms with van der Waals surface area (Å²) in [6.07, 6.45) is -4.35. The van der Waals surface area contributed by atoms with Crippen LogP contribution in [-0.4, -0.2) is 58.3 Å². The molecule has 0 saturated carbocycles. The van der Waals surface area contributed by atoms with Crippen LogP contribution in [0.2, 0.25) is 0 Å². The third-order valence-electron chi connectivity index (χ3n) is 4.70. The number of aryl methyl sites for hydroxylation is 1. The van der Waals surface area contributed by atoms with Gasteiger partial charge in [-0.2, -0.15) is 13.2 Å². The van der Waals surface area contributed by atoms with E-state index in [-0.39, 0.29) is 4.90 Å². The molecule has 0 saturated heterocycles. The van der Waals surface area contributed by atoms with Gasteiger partial charge in [0.05, 0.1) is 12.8 Å². The lowest BCUT2D eigenvalue weighted by molar-refractivity contribution is -0.192. The first-order chi connectivity index (χ1) is 14.8. The maximum atomic E-state index is 13.3. The molecule has 7 nitrogen and oxygen atoms in total. The van der Waals surface area contributed by atoms with Crippen LogP contribution in [0.25, 0.3) is 0 Å². The Balaban J connectivity index is 0.000000451. The number of carboxylic acids is 1. The summed E-state index contributed by atoms with van der Waals surface area (Å²) in [7, 11) is 1.86. The molecule has 2 aromatic rings. The minimum atomic E-state index is -5.08. The summed E-state index contributed by atoms with van der Waals surface area (Å²) in [6.45, 7) is 3.13. The highest BCUT2D eigenvalue weighted by atomic mass is 32.2. The first kappa shape index (κ1) is 25.5. The average molecular weight is 475 g/mol. The number of rotatable bonds is 5. The number of aliphatic carboxylic acids is 1. The number of halogens is 3. The van der Waals surface area contributed by atoms with Crippen molar-refractivity contribution in [1.82, 2.24) is 4.90 Å². The Kier molecular flexibility index (Phi) is 7.79. The van der Waals surface area contributed by atoms with Crippen molar-refractivity contribution in [3.63, 3.8) is 0 Å². The second-order valence-electron chi connectivity index (χ2n) is 7.44. The standard InChI is InChI=1S/C19H24N2O3S.C2HF3O2/c1-14-8-9-18(24-4)19(12-14)25(22,23)21-11-10-16-15(13-20(2)3)6-5-7-17(16)21;3-2(4,5)1(6)7/h5-9,12H,10-11,13H2,1-4H3;(H,6,7). The van der Waals surface area contributed by atoms with Crippen LogP contribution < -0.4 is 9.04 Å². The number of carboxylic acid groups (broad SMARTS) is 1. The average Bonchev–Trinajstić information content (AvgIpc) is 3.13. The molecule has 0 bridgehead atoms. The van der Waals surface area contributed by atoms with Crippen LogP contribution in [0.15, 0.2) is 41.3 Å². The SMILES string of the molecule is COc1ccc(C)cc1S(=O)(=O)N1CCc2c(CN(C)C)cccc21.O=C(O)C(F)(F)F. The molecule has 0 spiro atoms. The molecule has 0 radical (unpaired) electrons. The number of carbonyl (C=O) groups is 1. The van der Waals surface area contributed by atoms with Crippen LogP contribution in [0.1, 0.15) is 16.7 Å². The number of anilines is 1. The summed E-state index contributed by atoms with van der Waals surface area (Å²) in [5.74, 6) is -2.38. The fourth-order valence-electron chi connectivity index (χ4n) is 3.32. The first-order valence-electron chi connectivity index (χ1n) is 9.52. The van der Waals surface area contributed by atoms with Crippen LogP contribution in [-0.2, 0) is 27.8 Å². The van der Waals surface area contributed by atoms with Gasteiger partial charge in [-0.25, -0.2) is 13.2 Å². The third kappa shape index (κ3) is 5.71. The van der Waals surface area contributed by atoms with Gasteiger partial charge in [-0.1, -0.05) is 18.2 Å². The second-order valence-corrected chi connectivity index (χ2v) is 9.27. The van der Waals surface area contributed by atoms with Crippen LogP contribution >= 0.6 is 0 Å². The highest BCUT2D eigenvalue weighted by Crippen LogP contribution is 2.37. The van der Waals surface area contributed by atoms with Crippen molar-refractivity contribution in [3.8, 4) is 5.75 Å². The van der Waals surface area contributed by atoms with Gasteiger partial charge in [-0.3, -0.25) is 4.31 Å². The van der Waals surface area contributed by atoms with Gasteiger partial charge in [0.15, 0.2) is 0 Å².